The van der Waals surface area contributed by atoms with Gasteiger partial charge >= 0.3 is 0 Å². The Kier molecular flexibility index (Phi) is 6.32. The van der Waals surface area contributed by atoms with Crippen molar-refractivity contribution >= 4 is 5.91 Å². The first kappa shape index (κ1) is 18.2. The van der Waals surface area contributed by atoms with E-state index in [0.29, 0.717) is 5.75 Å². The summed E-state index contributed by atoms with van der Waals surface area (Å²) in [6.07, 6.45) is 5.32. The summed E-state index contributed by atoms with van der Waals surface area (Å²) in [7, 11) is 0. The Hall–Kier alpha value is -1.59. The molecule has 1 aromatic carbocycles. The molecule has 138 valence electrons. The molecule has 0 saturated carbocycles. The van der Waals surface area contributed by atoms with E-state index in [1.165, 1.54) is 44.3 Å². The summed E-state index contributed by atoms with van der Waals surface area (Å²) in [4.78, 5) is 16.0. The van der Waals surface area contributed by atoms with Gasteiger partial charge in [-0.2, -0.15) is 0 Å². The van der Waals surface area contributed by atoms with Crippen molar-refractivity contribution < 1.29 is 9.53 Å². The molecule has 1 aromatic rings. The number of carbonyl (C=O) groups is 1. The van der Waals surface area contributed by atoms with Crippen molar-refractivity contribution in [2.24, 2.45) is 11.7 Å². The number of carbonyl (C=O) groups excluding carboxylic acids is 1. The molecule has 0 aliphatic carbocycles. The fraction of sp³-hybridized carbons (Fsp3) is 0.650. The number of rotatable bonds is 7. The molecule has 2 N–H and O–H groups in total. The Balaban J connectivity index is 1.47. The number of piperidine rings is 1. The van der Waals surface area contributed by atoms with Crippen molar-refractivity contribution in [3.63, 3.8) is 0 Å². The maximum atomic E-state index is 10.8. The Morgan fingerprint density at radius 2 is 1.96 bits per heavy atom. The average molecular weight is 345 g/mol. The highest BCUT2D eigenvalue weighted by atomic mass is 16.5. The quantitative estimate of drug-likeness (QED) is 0.823. The predicted octanol–water partition coefficient (Wildman–Crippen LogP) is 2.25. The lowest BCUT2D eigenvalue weighted by Gasteiger charge is -2.38. The number of nitrogens with zero attached hydrogens (tertiary/aromatic N) is 2. The molecule has 1 atom stereocenters. The van der Waals surface area contributed by atoms with Crippen LogP contribution in [0.2, 0.25) is 0 Å². The number of amides is 1. The average Bonchev–Trinajstić information content (AvgIpc) is 3.15. The lowest BCUT2D eigenvalue weighted by atomic mass is 9.89. The summed E-state index contributed by atoms with van der Waals surface area (Å²) < 4.78 is 5.40. The van der Waals surface area contributed by atoms with Gasteiger partial charge in [-0.05, 0) is 82.4 Å². The van der Waals surface area contributed by atoms with Gasteiger partial charge in [-0.25, -0.2) is 0 Å². The van der Waals surface area contributed by atoms with E-state index < -0.39 is 5.91 Å². The van der Waals surface area contributed by atoms with E-state index in [1.54, 1.807) is 0 Å². The van der Waals surface area contributed by atoms with Gasteiger partial charge < -0.3 is 15.4 Å². The fourth-order valence-corrected chi connectivity index (χ4v) is 4.19. The largest absolute Gasteiger partial charge is 0.484 e. The molecule has 1 unspecified atom stereocenters. The molecule has 5 nitrogen and oxygen atoms in total. The molecular weight excluding hydrogens is 314 g/mol. The molecule has 3 rings (SSSR count). The summed E-state index contributed by atoms with van der Waals surface area (Å²) in [5, 5.41) is 0. The van der Waals surface area contributed by atoms with Gasteiger partial charge in [-0.15, -0.1) is 0 Å². The molecule has 0 radical (unpaired) electrons. The predicted molar refractivity (Wildman–Crippen MR) is 99.4 cm³/mol. The van der Waals surface area contributed by atoms with Crippen molar-refractivity contribution in [1.29, 1.82) is 0 Å². The van der Waals surface area contributed by atoms with Gasteiger partial charge in [0.1, 0.15) is 5.75 Å². The van der Waals surface area contributed by atoms with E-state index in [-0.39, 0.29) is 6.61 Å². The minimum absolute atomic E-state index is 0.0662. The highest BCUT2D eigenvalue weighted by molar-refractivity contribution is 5.75. The second-order valence-electron chi connectivity index (χ2n) is 7.50. The van der Waals surface area contributed by atoms with Gasteiger partial charge in [0.2, 0.25) is 0 Å². The van der Waals surface area contributed by atoms with E-state index in [1.807, 2.05) is 18.2 Å². The third kappa shape index (κ3) is 5.19. The van der Waals surface area contributed by atoms with Crippen LogP contribution in [0.4, 0.5) is 0 Å². The SMILES string of the molecule is CC(C1CCN(Cc2cccc(OCC(N)=O)c2)CC1)N1CCCC1. The highest BCUT2D eigenvalue weighted by Crippen LogP contribution is 2.27. The van der Waals surface area contributed by atoms with Crippen LogP contribution in [0.25, 0.3) is 0 Å². The fourth-order valence-electron chi connectivity index (χ4n) is 4.19. The lowest BCUT2D eigenvalue weighted by Crippen LogP contribution is -2.42. The van der Waals surface area contributed by atoms with Crippen LogP contribution in [0, 0.1) is 5.92 Å². The number of primary amides is 1. The smallest absolute Gasteiger partial charge is 0.255 e. The van der Waals surface area contributed by atoms with Gasteiger partial charge in [0.05, 0.1) is 0 Å². The Morgan fingerprint density at radius 3 is 2.64 bits per heavy atom. The van der Waals surface area contributed by atoms with Crippen LogP contribution >= 0.6 is 0 Å². The molecular formula is C20H31N3O2. The maximum Gasteiger partial charge on any atom is 0.255 e. The van der Waals surface area contributed by atoms with Crippen LogP contribution in [-0.4, -0.2) is 54.5 Å². The number of ether oxygens (including phenoxy) is 1. The third-order valence-corrected chi connectivity index (χ3v) is 5.72. The Morgan fingerprint density at radius 1 is 1.24 bits per heavy atom. The molecule has 1 amide bonds. The molecule has 2 fully saturated rings. The van der Waals surface area contributed by atoms with Gasteiger partial charge in [0.25, 0.3) is 5.91 Å². The van der Waals surface area contributed by atoms with Crippen molar-refractivity contribution in [2.75, 3.05) is 32.8 Å². The van der Waals surface area contributed by atoms with E-state index in [9.17, 15) is 4.79 Å². The Labute approximate surface area is 151 Å². The number of benzene rings is 1. The van der Waals surface area contributed by atoms with Crippen molar-refractivity contribution in [3.8, 4) is 5.75 Å². The molecule has 0 spiro atoms. The second kappa shape index (κ2) is 8.68. The van der Waals surface area contributed by atoms with Crippen molar-refractivity contribution in [1.82, 2.24) is 9.80 Å². The van der Waals surface area contributed by atoms with E-state index in [2.05, 4.69) is 22.8 Å². The summed E-state index contributed by atoms with van der Waals surface area (Å²) in [6.45, 7) is 8.20. The first-order chi connectivity index (χ1) is 12.1. The Bertz CT molecular complexity index is 564. The minimum Gasteiger partial charge on any atom is -0.484 e. The first-order valence-electron chi connectivity index (χ1n) is 9.58. The van der Waals surface area contributed by atoms with Gasteiger partial charge in [0, 0.05) is 12.6 Å². The summed E-state index contributed by atoms with van der Waals surface area (Å²) in [5.41, 5.74) is 6.36. The molecule has 2 aliphatic heterocycles. The highest BCUT2D eigenvalue weighted by Gasteiger charge is 2.28. The van der Waals surface area contributed by atoms with Crippen molar-refractivity contribution in [3.05, 3.63) is 29.8 Å². The molecule has 2 aliphatic rings. The zero-order valence-electron chi connectivity index (χ0n) is 15.3. The number of hydrogen-bond acceptors (Lipinski definition) is 4. The topological polar surface area (TPSA) is 58.8 Å². The zero-order valence-corrected chi connectivity index (χ0v) is 15.3. The number of likely N-dealkylation sites (tertiary alicyclic amines) is 2. The van der Waals surface area contributed by atoms with Crippen LogP contribution in [0.5, 0.6) is 5.75 Å². The van der Waals surface area contributed by atoms with Gasteiger partial charge in [-0.3, -0.25) is 9.69 Å². The summed E-state index contributed by atoms with van der Waals surface area (Å²) >= 11 is 0. The first-order valence-corrected chi connectivity index (χ1v) is 9.58. The zero-order chi connectivity index (χ0) is 17.6. The number of hydrogen-bond donors (Lipinski definition) is 1. The van der Waals surface area contributed by atoms with Crippen LogP contribution in [0.15, 0.2) is 24.3 Å². The van der Waals surface area contributed by atoms with Crippen LogP contribution in [0.1, 0.15) is 38.2 Å². The summed E-state index contributed by atoms with van der Waals surface area (Å²) in [6, 6.07) is 8.72. The van der Waals surface area contributed by atoms with Crippen LogP contribution in [-0.2, 0) is 11.3 Å². The van der Waals surface area contributed by atoms with E-state index in [4.69, 9.17) is 10.5 Å². The molecule has 0 bridgehead atoms. The van der Waals surface area contributed by atoms with E-state index >= 15 is 0 Å². The standard InChI is InChI=1S/C20H31N3O2/c1-16(23-9-2-3-10-23)18-7-11-22(12-8-18)14-17-5-4-6-19(13-17)25-15-20(21)24/h4-6,13,16,18H,2-3,7-12,14-15H2,1H3,(H2,21,24). The van der Waals surface area contributed by atoms with Crippen LogP contribution < -0.4 is 10.5 Å². The molecule has 25 heavy (non-hydrogen) atoms. The normalized spacial score (nSPS) is 21.3. The van der Waals surface area contributed by atoms with Crippen molar-refractivity contribution in [2.45, 2.75) is 45.2 Å². The lowest BCUT2D eigenvalue weighted by molar-refractivity contribution is -0.119. The maximum absolute atomic E-state index is 10.8. The third-order valence-electron chi connectivity index (χ3n) is 5.72. The van der Waals surface area contributed by atoms with Gasteiger partial charge in [0.15, 0.2) is 6.61 Å². The molecule has 5 heteroatoms. The van der Waals surface area contributed by atoms with E-state index in [0.717, 1.165) is 31.6 Å². The summed E-state index contributed by atoms with van der Waals surface area (Å²) in [5.74, 6) is 1.10. The molecule has 2 saturated heterocycles. The minimum atomic E-state index is -0.445. The number of nitrogens with two attached hydrogens (primary N) is 1. The molecule has 0 aromatic heterocycles. The molecule has 2 heterocycles. The van der Waals surface area contributed by atoms with Crippen LogP contribution in [0.3, 0.4) is 0 Å². The second-order valence-corrected chi connectivity index (χ2v) is 7.50. The van der Waals surface area contributed by atoms with Gasteiger partial charge in [-0.1, -0.05) is 12.1 Å². The monoisotopic (exact) mass is 345 g/mol.